The molecule has 0 aliphatic carbocycles. The van der Waals surface area contributed by atoms with Gasteiger partial charge in [0.05, 0.1) is 5.25 Å². The number of carbonyl (C=O) groups excluding carboxylic acids is 3. The molecule has 0 radical (unpaired) electrons. The smallest absolute Gasteiger partial charge is 0.330 e. The summed E-state index contributed by atoms with van der Waals surface area (Å²) in [7, 11) is 0. The fraction of sp³-hybridized carbons (Fsp3) is 0.500. The van der Waals surface area contributed by atoms with Gasteiger partial charge in [0.15, 0.2) is 0 Å². The van der Waals surface area contributed by atoms with Gasteiger partial charge in [0.25, 0.3) is 0 Å². The van der Waals surface area contributed by atoms with Crippen molar-refractivity contribution < 1.29 is 19.1 Å². The predicted octanol–water partition coefficient (Wildman–Crippen LogP) is 1.34. The van der Waals surface area contributed by atoms with E-state index in [1.807, 2.05) is 30.3 Å². The van der Waals surface area contributed by atoms with E-state index in [0.29, 0.717) is 18.7 Å². The van der Waals surface area contributed by atoms with Crippen LogP contribution in [0.5, 0.6) is 0 Å². The maximum atomic E-state index is 12.5. The van der Waals surface area contributed by atoms with E-state index in [2.05, 4.69) is 5.32 Å². The van der Waals surface area contributed by atoms with Crippen molar-refractivity contribution in [1.29, 1.82) is 0 Å². The molecule has 2 saturated heterocycles. The molecule has 0 spiro atoms. The van der Waals surface area contributed by atoms with Crippen LogP contribution in [0.2, 0.25) is 0 Å². The lowest BCUT2D eigenvalue weighted by Gasteiger charge is -2.49. The third-order valence-corrected chi connectivity index (χ3v) is 5.94. The van der Waals surface area contributed by atoms with Crippen LogP contribution in [0.15, 0.2) is 30.3 Å². The van der Waals surface area contributed by atoms with Crippen molar-refractivity contribution in [3.05, 3.63) is 35.9 Å². The lowest BCUT2D eigenvalue weighted by Crippen LogP contribution is -2.68. The number of nitrogens with zero attached hydrogens (tertiary/aromatic N) is 1. The maximum absolute atomic E-state index is 12.5. The molecule has 3 unspecified atom stereocenters. The van der Waals surface area contributed by atoms with Crippen molar-refractivity contribution in [2.75, 3.05) is 12.3 Å². The molecule has 6 nitrogen and oxygen atoms in total. The summed E-state index contributed by atoms with van der Waals surface area (Å²) in [5.41, 5.74) is 0.925. The molecular weight excluding hydrogens is 340 g/mol. The number of carbonyl (C=O) groups is 3. The number of hydrogen-bond acceptors (Lipinski definition) is 5. The van der Waals surface area contributed by atoms with Gasteiger partial charge in [0, 0.05) is 31.7 Å². The lowest BCUT2D eigenvalue weighted by atomic mass is 9.93. The summed E-state index contributed by atoms with van der Waals surface area (Å²) >= 11 is 1.63. The Kier molecular flexibility index (Phi) is 5.63. The molecule has 3 atom stereocenters. The topological polar surface area (TPSA) is 75.7 Å². The summed E-state index contributed by atoms with van der Waals surface area (Å²) in [6, 6.07) is 9.11. The van der Waals surface area contributed by atoms with E-state index in [1.165, 1.54) is 6.92 Å². The molecule has 2 amide bonds. The van der Waals surface area contributed by atoms with E-state index in [1.54, 1.807) is 16.7 Å². The zero-order valence-electron chi connectivity index (χ0n) is 14.1. The number of benzene rings is 1. The van der Waals surface area contributed by atoms with Crippen LogP contribution in [0.4, 0.5) is 0 Å². The molecule has 2 heterocycles. The van der Waals surface area contributed by atoms with Crippen LogP contribution < -0.4 is 5.32 Å². The second kappa shape index (κ2) is 7.91. The number of hydrogen-bond donors (Lipinski definition) is 1. The summed E-state index contributed by atoms with van der Waals surface area (Å²) in [4.78, 5) is 37.2. The zero-order chi connectivity index (χ0) is 17.8. The molecule has 0 bridgehead atoms. The molecule has 25 heavy (non-hydrogen) atoms. The van der Waals surface area contributed by atoms with Crippen molar-refractivity contribution in [2.24, 2.45) is 0 Å². The van der Waals surface area contributed by atoms with Gasteiger partial charge in [-0.25, -0.2) is 4.79 Å². The highest BCUT2D eigenvalue weighted by molar-refractivity contribution is 8.00. The van der Waals surface area contributed by atoms with Crippen molar-refractivity contribution in [3.8, 4) is 0 Å². The molecule has 1 aromatic carbocycles. The Hall–Kier alpha value is -2.02. The van der Waals surface area contributed by atoms with Crippen LogP contribution in [-0.2, 0) is 25.7 Å². The van der Waals surface area contributed by atoms with Crippen molar-refractivity contribution >= 4 is 29.5 Å². The van der Waals surface area contributed by atoms with Crippen LogP contribution in [0.1, 0.15) is 25.3 Å². The standard InChI is InChI=1S/C18H22N2O4S/c1-12(21)19-9-10-25-17-14-7-8-15(22)20(14)16(17)18(23)24-11-13-5-3-2-4-6-13/h2-6,14,16-17H,7-11H2,1H3,(H,19,21). The van der Waals surface area contributed by atoms with E-state index in [-0.39, 0.29) is 35.7 Å². The monoisotopic (exact) mass is 362 g/mol. The Balaban J connectivity index is 1.56. The van der Waals surface area contributed by atoms with Crippen LogP contribution in [0, 0.1) is 0 Å². The minimum absolute atomic E-state index is 0.0328. The Morgan fingerprint density at radius 3 is 2.80 bits per heavy atom. The SMILES string of the molecule is CC(=O)NCCSC1C2CCC(=O)N2C1C(=O)OCc1ccccc1. The summed E-state index contributed by atoms with van der Waals surface area (Å²) in [6.07, 6.45) is 1.29. The highest BCUT2D eigenvalue weighted by Gasteiger charge is 2.57. The quantitative estimate of drug-likeness (QED) is 0.585. The lowest BCUT2D eigenvalue weighted by molar-refractivity contribution is -0.163. The Labute approximate surface area is 151 Å². The summed E-state index contributed by atoms with van der Waals surface area (Å²) in [5.74, 6) is 0.342. The molecule has 2 aliphatic heterocycles. The molecule has 2 fully saturated rings. The number of fused-ring (bicyclic) bond motifs is 1. The second-order valence-corrected chi connectivity index (χ2v) is 7.55. The third kappa shape index (κ3) is 3.98. The molecule has 0 saturated carbocycles. The molecular formula is C18H22N2O4S. The molecule has 7 heteroatoms. The minimum Gasteiger partial charge on any atom is -0.459 e. The van der Waals surface area contributed by atoms with Gasteiger partial charge in [-0.3, -0.25) is 9.59 Å². The molecule has 1 N–H and O–H groups in total. The zero-order valence-corrected chi connectivity index (χ0v) is 15.0. The van der Waals surface area contributed by atoms with Gasteiger partial charge < -0.3 is 15.0 Å². The summed E-state index contributed by atoms with van der Waals surface area (Å²) in [5, 5.41) is 2.80. The van der Waals surface area contributed by atoms with Gasteiger partial charge in [0.2, 0.25) is 11.8 Å². The number of ether oxygens (including phenoxy) is 1. The van der Waals surface area contributed by atoms with Gasteiger partial charge in [-0.2, -0.15) is 11.8 Å². The molecule has 134 valence electrons. The first-order valence-electron chi connectivity index (χ1n) is 8.45. The highest BCUT2D eigenvalue weighted by Crippen LogP contribution is 2.43. The van der Waals surface area contributed by atoms with E-state index in [0.717, 1.165) is 12.0 Å². The van der Waals surface area contributed by atoms with E-state index < -0.39 is 6.04 Å². The normalized spacial score (nSPS) is 24.4. The minimum atomic E-state index is -0.508. The predicted molar refractivity (Wildman–Crippen MR) is 94.8 cm³/mol. The fourth-order valence-corrected chi connectivity index (χ4v) is 4.77. The first-order valence-corrected chi connectivity index (χ1v) is 9.50. The number of thioether (sulfide) groups is 1. The van der Waals surface area contributed by atoms with Crippen molar-refractivity contribution in [2.45, 2.75) is 43.7 Å². The molecule has 2 aliphatic rings. The summed E-state index contributed by atoms with van der Waals surface area (Å²) < 4.78 is 5.45. The third-order valence-electron chi connectivity index (χ3n) is 4.54. The average Bonchev–Trinajstić information content (AvgIpc) is 2.90. The number of amides is 2. The van der Waals surface area contributed by atoms with Gasteiger partial charge in [0.1, 0.15) is 12.6 Å². The number of rotatable bonds is 7. The van der Waals surface area contributed by atoms with Gasteiger partial charge >= 0.3 is 5.97 Å². The molecule has 3 rings (SSSR count). The van der Waals surface area contributed by atoms with Crippen LogP contribution in [0.25, 0.3) is 0 Å². The highest BCUT2D eigenvalue weighted by atomic mass is 32.2. The Bertz CT molecular complexity index is 652. The Morgan fingerprint density at radius 2 is 2.08 bits per heavy atom. The van der Waals surface area contributed by atoms with Crippen molar-refractivity contribution in [3.63, 3.8) is 0 Å². The summed E-state index contributed by atoms with van der Waals surface area (Å²) in [6.45, 7) is 2.25. The van der Waals surface area contributed by atoms with Crippen LogP contribution in [0.3, 0.4) is 0 Å². The van der Waals surface area contributed by atoms with Crippen molar-refractivity contribution in [1.82, 2.24) is 10.2 Å². The second-order valence-electron chi connectivity index (χ2n) is 6.26. The molecule has 1 aromatic rings. The first kappa shape index (κ1) is 17.8. The maximum Gasteiger partial charge on any atom is 0.330 e. The van der Waals surface area contributed by atoms with Gasteiger partial charge in [-0.1, -0.05) is 30.3 Å². The molecule has 0 aromatic heterocycles. The fourth-order valence-electron chi connectivity index (χ4n) is 3.36. The number of esters is 1. The average molecular weight is 362 g/mol. The van der Waals surface area contributed by atoms with Crippen LogP contribution in [-0.4, -0.2) is 52.3 Å². The Morgan fingerprint density at radius 1 is 1.32 bits per heavy atom. The van der Waals surface area contributed by atoms with Gasteiger partial charge in [-0.05, 0) is 12.0 Å². The largest absolute Gasteiger partial charge is 0.459 e. The van der Waals surface area contributed by atoms with E-state index >= 15 is 0 Å². The van der Waals surface area contributed by atoms with Gasteiger partial charge in [-0.15, -0.1) is 0 Å². The van der Waals surface area contributed by atoms with E-state index in [9.17, 15) is 14.4 Å². The number of nitrogens with one attached hydrogen (secondary N) is 1. The first-order chi connectivity index (χ1) is 12.1. The van der Waals surface area contributed by atoms with Crippen LogP contribution >= 0.6 is 11.8 Å². The van der Waals surface area contributed by atoms with E-state index in [4.69, 9.17) is 4.74 Å².